The van der Waals surface area contributed by atoms with Crippen molar-refractivity contribution in [3.05, 3.63) is 59.4 Å². The van der Waals surface area contributed by atoms with Crippen molar-refractivity contribution in [1.82, 2.24) is 14.8 Å². The maximum atomic E-state index is 13.8. The van der Waals surface area contributed by atoms with E-state index >= 15 is 0 Å². The Kier molecular flexibility index (Phi) is 8.14. The van der Waals surface area contributed by atoms with Crippen molar-refractivity contribution >= 4 is 17.7 Å². The summed E-state index contributed by atoms with van der Waals surface area (Å²) in [6.45, 7) is 14.1. The summed E-state index contributed by atoms with van der Waals surface area (Å²) >= 11 is 0. The highest BCUT2D eigenvalue weighted by Gasteiger charge is 2.42. The Balaban J connectivity index is 1.51. The van der Waals surface area contributed by atoms with Gasteiger partial charge >= 0.3 is 6.09 Å². The number of aromatic nitrogens is 1. The third kappa shape index (κ3) is 6.35. The van der Waals surface area contributed by atoms with Gasteiger partial charge in [0.25, 0.3) is 0 Å². The Morgan fingerprint density at radius 2 is 1.82 bits per heavy atom. The molecule has 1 aromatic heterocycles. The lowest BCUT2D eigenvalue weighted by Gasteiger charge is -2.45. The summed E-state index contributed by atoms with van der Waals surface area (Å²) < 4.78 is 11.1. The summed E-state index contributed by atoms with van der Waals surface area (Å²) in [6.07, 6.45) is 2.38. The molecule has 0 unspecified atom stereocenters. The van der Waals surface area contributed by atoms with Gasteiger partial charge in [-0.3, -0.25) is 14.7 Å². The second kappa shape index (κ2) is 11.0. The van der Waals surface area contributed by atoms with Crippen LogP contribution in [0.25, 0.3) is 0 Å². The minimum Gasteiger partial charge on any atom is -0.444 e. The molecule has 0 saturated carbocycles. The number of hydrogen-bond acceptors (Lipinski definition) is 6. The first-order valence-electron chi connectivity index (χ1n) is 13.4. The van der Waals surface area contributed by atoms with Gasteiger partial charge in [0.15, 0.2) is 0 Å². The standard InChI is InChI=1S/C30H42N4O4/c1-21-16-32(24(19-37-7)17-33(21)28(36)38-29(2,3)4)18-26(35)34-20-30(5,6)27-25(34)14-23(15-31-27)13-22-11-9-8-10-12-22/h8-12,14-15,21,24H,13,16-20H2,1-7H3/t21-,24-/m1/s1. The van der Waals surface area contributed by atoms with Gasteiger partial charge in [0.05, 0.1) is 30.6 Å². The van der Waals surface area contributed by atoms with E-state index in [4.69, 9.17) is 14.5 Å². The van der Waals surface area contributed by atoms with Gasteiger partial charge in [0, 0.05) is 44.4 Å². The van der Waals surface area contributed by atoms with E-state index in [2.05, 4.69) is 36.9 Å². The van der Waals surface area contributed by atoms with E-state index in [9.17, 15) is 9.59 Å². The predicted molar refractivity (Wildman–Crippen MR) is 149 cm³/mol. The number of fused-ring (bicyclic) bond motifs is 1. The summed E-state index contributed by atoms with van der Waals surface area (Å²) in [4.78, 5) is 37.3. The normalized spacial score (nSPS) is 21.3. The molecule has 2 atom stereocenters. The van der Waals surface area contributed by atoms with Crippen LogP contribution in [0.15, 0.2) is 42.6 Å². The summed E-state index contributed by atoms with van der Waals surface area (Å²) in [6, 6.07) is 12.2. The summed E-state index contributed by atoms with van der Waals surface area (Å²) in [5.74, 6) is 0.0366. The maximum Gasteiger partial charge on any atom is 0.410 e. The van der Waals surface area contributed by atoms with E-state index < -0.39 is 5.60 Å². The maximum absolute atomic E-state index is 13.8. The summed E-state index contributed by atoms with van der Waals surface area (Å²) in [7, 11) is 1.65. The number of anilines is 1. The van der Waals surface area contributed by atoms with Crippen molar-refractivity contribution in [3.63, 3.8) is 0 Å². The molecule has 2 aromatic rings. The lowest BCUT2D eigenvalue weighted by atomic mass is 9.91. The fraction of sp³-hybridized carbons (Fsp3) is 0.567. The molecule has 38 heavy (non-hydrogen) atoms. The van der Waals surface area contributed by atoms with Crippen LogP contribution in [-0.2, 0) is 26.1 Å². The molecule has 0 bridgehead atoms. The summed E-state index contributed by atoms with van der Waals surface area (Å²) in [5.41, 5.74) is 3.36. The fourth-order valence-electron chi connectivity index (χ4n) is 5.42. The van der Waals surface area contributed by atoms with Crippen LogP contribution in [0.3, 0.4) is 0 Å². The zero-order valence-corrected chi connectivity index (χ0v) is 23.9. The van der Waals surface area contributed by atoms with Gasteiger partial charge in [-0.1, -0.05) is 44.2 Å². The van der Waals surface area contributed by atoms with Gasteiger partial charge in [0.2, 0.25) is 5.91 Å². The minimum atomic E-state index is -0.565. The molecular formula is C30H42N4O4. The molecule has 0 spiro atoms. The topological polar surface area (TPSA) is 75.2 Å². The van der Waals surface area contributed by atoms with Crippen LogP contribution in [0.4, 0.5) is 10.5 Å². The third-order valence-electron chi connectivity index (χ3n) is 7.24. The van der Waals surface area contributed by atoms with Gasteiger partial charge < -0.3 is 19.3 Å². The number of nitrogens with zero attached hydrogens (tertiary/aromatic N) is 4. The van der Waals surface area contributed by atoms with Crippen molar-refractivity contribution in [2.24, 2.45) is 0 Å². The Morgan fingerprint density at radius 1 is 1.11 bits per heavy atom. The monoisotopic (exact) mass is 522 g/mol. The molecule has 1 aromatic carbocycles. The average Bonchev–Trinajstić information content (AvgIpc) is 3.10. The van der Waals surface area contributed by atoms with Crippen LogP contribution in [-0.4, -0.2) is 84.4 Å². The Labute approximate surface area is 226 Å². The molecule has 2 aliphatic heterocycles. The molecule has 8 heteroatoms. The number of carbonyl (C=O) groups excluding carboxylic acids is 2. The molecule has 1 saturated heterocycles. The van der Waals surface area contributed by atoms with Crippen molar-refractivity contribution < 1.29 is 19.1 Å². The number of benzene rings is 1. The minimum absolute atomic E-state index is 0.0366. The first-order chi connectivity index (χ1) is 17.9. The third-order valence-corrected chi connectivity index (χ3v) is 7.24. The molecule has 2 aliphatic rings. The van der Waals surface area contributed by atoms with Crippen molar-refractivity contribution in [2.45, 2.75) is 71.1 Å². The molecule has 206 valence electrons. The second-order valence-corrected chi connectivity index (χ2v) is 12.3. The molecular weight excluding hydrogens is 480 g/mol. The molecule has 0 radical (unpaired) electrons. The van der Waals surface area contributed by atoms with Crippen LogP contribution in [0.1, 0.15) is 58.4 Å². The summed E-state index contributed by atoms with van der Waals surface area (Å²) in [5, 5.41) is 0. The Morgan fingerprint density at radius 3 is 2.47 bits per heavy atom. The number of rotatable bonds is 6. The highest BCUT2D eigenvalue weighted by Crippen LogP contribution is 2.40. The van der Waals surface area contributed by atoms with E-state index in [1.54, 1.807) is 12.0 Å². The van der Waals surface area contributed by atoms with E-state index in [-0.39, 0.29) is 36.0 Å². The Hall–Kier alpha value is -2.97. The number of hydrogen-bond donors (Lipinski definition) is 0. The quantitative estimate of drug-likeness (QED) is 0.565. The molecule has 8 nitrogen and oxygen atoms in total. The number of ether oxygens (including phenoxy) is 2. The van der Waals surface area contributed by atoms with E-state index in [1.165, 1.54) is 5.56 Å². The largest absolute Gasteiger partial charge is 0.444 e. The number of carbonyl (C=O) groups is 2. The molecule has 1 fully saturated rings. The van der Waals surface area contributed by atoms with Gasteiger partial charge in [-0.05, 0) is 51.3 Å². The van der Waals surface area contributed by atoms with Crippen molar-refractivity contribution in [3.8, 4) is 0 Å². The zero-order valence-electron chi connectivity index (χ0n) is 23.9. The van der Waals surface area contributed by atoms with Crippen LogP contribution in [0.5, 0.6) is 0 Å². The molecule has 2 amide bonds. The zero-order chi connectivity index (χ0) is 27.7. The van der Waals surface area contributed by atoms with Gasteiger partial charge in [-0.2, -0.15) is 0 Å². The van der Waals surface area contributed by atoms with Crippen LogP contribution < -0.4 is 4.90 Å². The van der Waals surface area contributed by atoms with Gasteiger partial charge in [-0.15, -0.1) is 0 Å². The molecule has 4 rings (SSSR count). The lowest BCUT2D eigenvalue weighted by molar-refractivity contribution is -0.121. The first kappa shape index (κ1) is 28.0. The number of pyridine rings is 1. The number of piperazine rings is 1. The smallest absolute Gasteiger partial charge is 0.410 e. The van der Waals surface area contributed by atoms with Crippen molar-refractivity contribution in [2.75, 3.05) is 44.8 Å². The number of methoxy groups -OCH3 is 1. The lowest BCUT2D eigenvalue weighted by Crippen LogP contribution is -2.62. The van der Waals surface area contributed by atoms with E-state index in [0.29, 0.717) is 26.2 Å². The van der Waals surface area contributed by atoms with E-state index in [1.807, 2.05) is 57.0 Å². The highest BCUT2D eigenvalue weighted by molar-refractivity contribution is 5.97. The van der Waals surface area contributed by atoms with Crippen LogP contribution in [0.2, 0.25) is 0 Å². The SMILES string of the molecule is COC[C@H]1CN(C(=O)OC(C)(C)C)[C@H](C)CN1CC(=O)N1CC(C)(C)c2ncc(Cc3ccccc3)cc21. The van der Waals surface area contributed by atoms with Gasteiger partial charge in [-0.25, -0.2) is 4.79 Å². The van der Waals surface area contributed by atoms with Crippen molar-refractivity contribution in [1.29, 1.82) is 0 Å². The van der Waals surface area contributed by atoms with E-state index in [0.717, 1.165) is 23.4 Å². The van der Waals surface area contributed by atoms with Gasteiger partial charge in [0.1, 0.15) is 5.60 Å². The predicted octanol–water partition coefficient (Wildman–Crippen LogP) is 4.25. The molecule has 0 N–H and O–H groups in total. The molecule has 3 heterocycles. The second-order valence-electron chi connectivity index (χ2n) is 12.3. The van der Waals surface area contributed by atoms with Crippen LogP contribution >= 0.6 is 0 Å². The highest BCUT2D eigenvalue weighted by atomic mass is 16.6. The first-order valence-corrected chi connectivity index (χ1v) is 13.4. The molecule has 0 aliphatic carbocycles. The fourth-order valence-corrected chi connectivity index (χ4v) is 5.42. The van der Waals surface area contributed by atoms with Crippen LogP contribution in [0, 0.1) is 0 Å². The average molecular weight is 523 g/mol. The Bertz CT molecular complexity index is 1140. The number of amides is 2.